The number of halogens is 1. The van der Waals surface area contributed by atoms with Crippen LogP contribution in [0.1, 0.15) is 40.2 Å². The normalized spacial score (nSPS) is 13.5. The maximum Gasteiger partial charge on any atom is 0.336 e. The minimum atomic E-state index is -0.994. The largest absolute Gasteiger partial charge is 0.478 e. The Morgan fingerprint density at radius 1 is 1.13 bits per heavy atom. The second kappa shape index (κ2) is 7.18. The summed E-state index contributed by atoms with van der Waals surface area (Å²) in [7, 11) is 0. The lowest BCUT2D eigenvalue weighted by Crippen LogP contribution is -2.00. The molecule has 0 radical (unpaired) electrons. The van der Waals surface area contributed by atoms with E-state index in [1.807, 2.05) is 12.1 Å². The van der Waals surface area contributed by atoms with E-state index in [1.54, 1.807) is 19.1 Å². The second-order valence-electron chi connectivity index (χ2n) is 7.67. The molecule has 0 unspecified atom stereocenters. The summed E-state index contributed by atoms with van der Waals surface area (Å²) in [6.45, 7) is 1.75. The monoisotopic (exact) mass is 418 g/mol. The van der Waals surface area contributed by atoms with Gasteiger partial charge in [-0.25, -0.2) is 4.79 Å². The first-order valence-electron chi connectivity index (χ1n) is 9.79. The number of aromatic amines is 1. The van der Waals surface area contributed by atoms with Crippen molar-refractivity contribution in [3.63, 3.8) is 0 Å². The minimum absolute atomic E-state index is 0.198. The molecule has 1 aromatic heterocycles. The van der Waals surface area contributed by atoms with Crippen LogP contribution in [0.5, 0.6) is 11.8 Å². The van der Waals surface area contributed by atoms with Gasteiger partial charge < -0.3 is 14.8 Å². The molecular formula is C24H19ClN2O3. The second-order valence-corrected chi connectivity index (χ2v) is 8.08. The highest BCUT2D eigenvalue weighted by molar-refractivity contribution is 6.34. The summed E-state index contributed by atoms with van der Waals surface area (Å²) in [5.74, 6) is 0.122. The molecule has 1 fully saturated rings. The molecule has 4 aromatic rings. The number of aromatic carboxylic acids is 1. The van der Waals surface area contributed by atoms with Gasteiger partial charge in [-0.15, -0.1) is 0 Å². The number of ether oxygens (including phenoxy) is 1. The molecule has 0 saturated heterocycles. The number of nitrogens with one attached hydrogen (secondary N) is 1. The summed E-state index contributed by atoms with van der Waals surface area (Å²) in [5.41, 5.74) is 5.67. The van der Waals surface area contributed by atoms with Gasteiger partial charge in [0.1, 0.15) is 5.75 Å². The van der Waals surface area contributed by atoms with Crippen LogP contribution in [0.3, 0.4) is 0 Å². The van der Waals surface area contributed by atoms with Crippen molar-refractivity contribution in [1.29, 1.82) is 0 Å². The van der Waals surface area contributed by atoms with Crippen LogP contribution >= 0.6 is 11.6 Å². The number of hydrogen-bond acceptors (Lipinski definition) is 3. The molecule has 1 aliphatic carbocycles. The molecule has 0 amide bonds. The summed E-state index contributed by atoms with van der Waals surface area (Å²) in [6.07, 6.45) is 2.55. The Morgan fingerprint density at radius 3 is 2.60 bits per heavy atom. The summed E-state index contributed by atoms with van der Waals surface area (Å²) >= 11 is 6.54. The van der Waals surface area contributed by atoms with Gasteiger partial charge in [-0.2, -0.15) is 4.98 Å². The molecule has 1 heterocycles. The van der Waals surface area contributed by atoms with Crippen molar-refractivity contribution in [2.75, 3.05) is 0 Å². The van der Waals surface area contributed by atoms with Crippen molar-refractivity contribution >= 4 is 28.6 Å². The maximum absolute atomic E-state index is 11.3. The molecule has 0 aliphatic heterocycles. The van der Waals surface area contributed by atoms with Crippen LogP contribution in [-0.4, -0.2) is 21.0 Å². The number of imidazole rings is 1. The topological polar surface area (TPSA) is 75.2 Å². The van der Waals surface area contributed by atoms with Crippen molar-refractivity contribution in [3.05, 3.63) is 76.3 Å². The van der Waals surface area contributed by atoms with E-state index in [1.165, 1.54) is 24.5 Å². The van der Waals surface area contributed by atoms with E-state index in [2.05, 4.69) is 34.2 Å². The fourth-order valence-electron chi connectivity index (χ4n) is 3.63. The first-order chi connectivity index (χ1) is 14.5. The summed E-state index contributed by atoms with van der Waals surface area (Å²) in [5, 5.41) is 9.92. The number of fused-ring (bicyclic) bond motifs is 1. The predicted octanol–water partition coefficient (Wildman–Crippen LogP) is 6.56. The van der Waals surface area contributed by atoms with Crippen molar-refractivity contribution in [2.45, 2.75) is 25.7 Å². The number of hydrogen-bond donors (Lipinski definition) is 2. The first-order valence-corrected chi connectivity index (χ1v) is 10.2. The van der Waals surface area contributed by atoms with Crippen LogP contribution in [0.4, 0.5) is 0 Å². The molecule has 150 valence electrons. The van der Waals surface area contributed by atoms with Gasteiger partial charge in [-0.05, 0) is 66.6 Å². The average Bonchev–Trinajstić information content (AvgIpc) is 3.50. The van der Waals surface area contributed by atoms with Crippen molar-refractivity contribution in [2.24, 2.45) is 0 Å². The lowest BCUT2D eigenvalue weighted by atomic mass is 10.0. The van der Waals surface area contributed by atoms with Crippen molar-refractivity contribution < 1.29 is 14.6 Å². The lowest BCUT2D eigenvalue weighted by molar-refractivity contribution is 0.0695. The van der Waals surface area contributed by atoms with E-state index >= 15 is 0 Å². The van der Waals surface area contributed by atoms with Crippen LogP contribution in [0.15, 0.2) is 54.6 Å². The van der Waals surface area contributed by atoms with Crippen molar-refractivity contribution in [1.82, 2.24) is 9.97 Å². The Hall–Kier alpha value is -3.31. The zero-order valence-electron chi connectivity index (χ0n) is 16.3. The third kappa shape index (κ3) is 3.53. The molecule has 0 bridgehead atoms. The van der Waals surface area contributed by atoms with E-state index in [4.69, 9.17) is 16.3 Å². The molecule has 3 aromatic carbocycles. The Morgan fingerprint density at radius 2 is 1.90 bits per heavy atom. The van der Waals surface area contributed by atoms with E-state index in [0.717, 1.165) is 22.2 Å². The quantitative estimate of drug-likeness (QED) is 0.385. The van der Waals surface area contributed by atoms with E-state index in [9.17, 15) is 9.90 Å². The molecule has 0 spiro atoms. The maximum atomic E-state index is 11.3. The number of nitrogens with zero attached hydrogens (tertiary/aromatic N) is 1. The van der Waals surface area contributed by atoms with E-state index in [-0.39, 0.29) is 11.6 Å². The highest BCUT2D eigenvalue weighted by Crippen LogP contribution is 2.41. The predicted molar refractivity (Wildman–Crippen MR) is 117 cm³/mol. The van der Waals surface area contributed by atoms with Gasteiger partial charge in [0.05, 0.1) is 21.6 Å². The standard InChI is InChI=1S/C24H19ClN2O3/c1-13-2-9-17(10-18(13)23(28)29)30-24-26-21-11-19(20(25)12-22(21)27-24)16-7-5-15(6-8-16)14-3-4-14/h2,5-12,14H,3-4H2,1H3,(H,26,27)(H,28,29). The number of aryl methyl sites for hydroxylation is 1. The van der Waals surface area contributed by atoms with E-state index < -0.39 is 5.97 Å². The van der Waals surface area contributed by atoms with Gasteiger partial charge >= 0.3 is 5.97 Å². The molecule has 30 heavy (non-hydrogen) atoms. The van der Waals surface area contributed by atoms with Crippen molar-refractivity contribution in [3.8, 4) is 22.9 Å². The Bertz CT molecular complexity index is 1270. The number of aromatic nitrogens is 2. The van der Waals surface area contributed by atoms with E-state index in [0.29, 0.717) is 22.3 Å². The van der Waals surface area contributed by atoms with Gasteiger partial charge in [0.2, 0.25) is 0 Å². The molecule has 6 heteroatoms. The smallest absolute Gasteiger partial charge is 0.336 e. The number of benzene rings is 3. The number of carboxylic acid groups (broad SMARTS) is 1. The SMILES string of the molecule is Cc1ccc(Oc2nc3cc(-c4ccc(C5CC5)cc4)c(Cl)cc3[nH]2)cc1C(=O)O. The van der Waals surface area contributed by atoms with Gasteiger partial charge in [0.15, 0.2) is 0 Å². The summed E-state index contributed by atoms with van der Waals surface area (Å²) in [4.78, 5) is 18.9. The van der Waals surface area contributed by atoms with Gasteiger partial charge in [-0.3, -0.25) is 0 Å². The fourth-order valence-corrected chi connectivity index (χ4v) is 3.91. The van der Waals surface area contributed by atoms with Gasteiger partial charge in [-0.1, -0.05) is 41.9 Å². The average molecular weight is 419 g/mol. The molecule has 0 atom stereocenters. The highest BCUT2D eigenvalue weighted by atomic mass is 35.5. The zero-order valence-corrected chi connectivity index (χ0v) is 17.0. The molecule has 1 saturated carbocycles. The van der Waals surface area contributed by atoms with Gasteiger partial charge in [0, 0.05) is 5.56 Å². The van der Waals surface area contributed by atoms with Crippen LogP contribution < -0.4 is 4.74 Å². The fraction of sp³-hybridized carbons (Fsp3) is 0.167. The number of H-pyrrole nitrogens is 1. The number of carbonyl (C=O) groups is 1. The zero-order chi connectivity index (χ0) is 20.8. The summed E-state index contributed by atoms with van der Waals surface area (Å²) < 4.78 is 5.77. The molecular weight excluding hydrogens is 400 g/mol. The van der Waals surface area contributed by atoms with Gasteiger partial charge in [0.25, 0.3) is 6.01 Å². The Kier molecular flexibility index (Phi) is 4.48. The third-order valence-corrected chi connectivity index (χ3v) is 5.79. The molecule has 5 rings (SSSR count). The number of rotatable bonds is 5. The Balaban J connectivity index is 1.46. The number of carboxylic acids is 1. The molecule has 1 aliphatic rings. The lowest BCUT2D eigenvalue weighted by Gasteiger charge is -2.06. The van der Waals surface area contributed by atoms with Crippen LogP contribution in [0, 0.1) is 6.92 Å². The summed E-state index contributed by atoms with van der Waals surface area (Å²) in [6, 6.07) is 17.5. The molecule has 2 N–H and O–H groups in total. The molecule has 5 nitrogen and oxygen atoms in total. The highest BCUT2D eigenvalue weighted by Gasteiger charge is 2.23. The Labute approximate surface area is 178 Å². The minimum Gasteiger partial charge on any atom is -0.478 e. The third-order valence-electron chi connectivity index (χ3n) is 5.47. The first kappa shape index (κ1) is 18.7. The van der Waals surface area contributed by atoms with Crippen LogP contribution in [0.2, 0.25) is 5.02 Å². The van der Waals surface area contributed by atoms with Crippen LogP contribution in [-0.2, 0) is 0 Å². The van der Waals surface area contributed by atoms with Crippen LogP contribution in [0.25, 0.3) is 22.2 Å².